The minimum absolute atomic E-state index is 0.160. The van der Waals surface area contributed by atoms with Crippen molar-refractivity contribution in [2.24, 2.45) is 5.73 Å². The summed E-state index contributed by atoms with van der Waals surface area (Å²) in [4.78, 5) is 19.8. The maximum Gasteiger partial charge on any atom is 0.332 e. The smallest absolute Gasteiger partial charge is 0.332 e. The molecule has 106 valence electrons. The average molecular weight is 271 g/mol. The first-order valence-electron chi connectivity index (χ1n) is 5.41. The monoisotopic (exact) mass is 271 g/mol. The summed E-state index contributed by atoms with van der Waals surface area (Å²) in [6, 6.07) is 5.42. The van der Waals surface area contributed by atoms with Crippen LogP contribution in [0.5, 0.6) is 5.75 Å². The number of carboxylic acid groups (broad SMARTS) is 2. The number of aliphatic hydroxyl groups is 1. The maximum atomic E-state index is 10.4. The number of benzene rings is 1. The summed E-state index contributed by atoms with van der Waals surface area (Å²) < 4.78 is 0. The topological polar surface area (TPSA) is 141 Å². The Morgan fingerprint density at radius 3 is 1.89 bits per heavy atom. The lowest BCUT2D eigenvalue weighted by Gasteiger charge is -2.05. The van der Waals surface area contributed by atoms with E-state index in [4.69, 9.17) is 26.2 Å². The van der Waals surface area contributed by atoms with Crippen LogP contribution in [0.2, 0.25) is 0 Å². The molecule has 6 N–H and O–H groups in total. The Hall–Kier alpha value is -2.12. The summed E-state index contributed by atoms with van der Waals surface area (Å²) in [6.07, 6.45) is -0.958. The molecule has 0 saturated carbocycles. The van der Waals surface area contributed by atoms with Gasteiger partial charge in [0.15, 0.2) is 0 Å². The molecule has 7 nitrogen and oxygen atoms in total. The van der Waals surface area contributed by atoms with E-state index in [0.29, 0.717) is 0 Å². The van der Waals surface area contributed by atoms with Gasteiger partial charge in [-0.1, -0.05) is 12.1 Å². The highest BCUT2D eigenvalue weighted by atomic mass is 16.4. The van der Waals surface area contributed by atoms with Crippen LogP contribution in [0.15, 0.2) is 24.3 Å². The Balaban J connectivity index is 0.000000459. The van der Waals surface area contributed by atoms with Gasteiger partial charge in [-0.15, -0.1) is 0 Å². The third-order valence-electron chi connectivity index (χ3n) is 2.07. The van der Waals surface area contributed by atoms with Crippen molar-refractivity contribution in [3.63, 3.8) is 0 Å². The quantitative estimate of drug-likeness (QED) is 0.510. The molecule has 2 atom stereocenters. The van der Waals surface area contributed by atoms with Crippen LogP contribution >= 0.6 is 0 Å². The van der Waals surface area contributed by atoms with Crippen LogP contribution < -0.4 is 5.73 Å². The molecule has 1 aromatic rings. The fourth-order valence-corrected chi connectivity index (χ4v) is 0.973. The van der Waals surface area contributed by atoms with E-state index in [1.807, 2.05) is 0 Å². The number of rotatable bonds is 4. The van der Waals surface area contributed by atoms with Gasteiger partial charge in [0.25, 0.3) is 0 Å². The summed E-state index contributed by atoms with van der Waals surface area (Å²) in [5, 5.41) is 33.2. The Morgan fingerprint density at radius 1 is 1.16 bits per heavy atom. The van der Waals surface area contributed by atoms with E-state index in [2.05, 4.69) is 0 Å². The van der Waals surface area contributed by atoms with Crippen molar-refractivity contribution in [3.05, 3.63) is 29.8 Å². The zero-order valence-electron chi connectivity index (χ0n) is 10.4. The molecule has 7 heteroatoms. The first kappa shape index (κ1) is 16.9. The van der Waals surface area contributed by atoms with Crippen molar-refractivity contribution >= 4 is 11.9 Å². The number of nitrogens with two attached hydrogens (primary N) is 1. The Bertz CT molecular complexity index is 415. The maximum absolute atomic E-state index is 10.4. The highest BCUT2D eigenvalue weighted by Gasteiger charge is 2.11. The number of carboxylic acids is 2. The normalized spacial score (nSPS) is 12.8. The number of phenols is 1. The summed E-state index contributed by atoms with van der Waals surface area (Å²) in [5.41, 5.74) is 6.12. The largest absolute Gasteiger partial charge is 0.508 e. The molecule has 0 aliphatic carbocycles. The van der Waals surface area contributed by atoms with E-state index in [1.54, 1.807) is 12.1 Å². The molecule has 0 heterocycles. The second-order valence-corrected chi connectivity index (χ2v) is 3.83. The first-order valence-corrected chi connectivity index (χ1v) is 5.41. The van der Waals surface area contributed by atoms with Crippen LogP contribution in [0.1, 0.15) is 12.5 Å². The fourth-order valence-electron chi connectivity index (χ4n) is 0.973. The van der Waals surface area contributed by atoms with E-state index < -0.39 is 24.1 Å². The van der Waals surface area contributed by atoms with Gasteiger partial charge < -0.3 is 26.2 Å². The summed E-state index contributed by atoms with van der Waals surface area (Å²) in [5.74, 6) is -2.05. The van der Waals surface area contributed by atoms with Crippen LogP contribution in [0.4, 0.5) is 0 Å². The molecular formula is C12H17NO6. The van der Waals surface area contributed by atoms with E-state index in [9.17, 15) is 9.59 Å². The highest BCUT2D eigenvalue weighted by molar-refractivity contribution is 5.73. The van der Waals surface area contributed by atoms with Crippen molar-refractivity contribution in [3.8, 4) is 5.75 Å². The van der Waals surface area contributed by atoms with Gasteiger partial charge in [-0.05, 0) is 31.0 Å². The minimum atomic E-state index is -1.23. The predicted octanol–water partition coefficient (Wildman–Crippen LogP) is -0.202. The van der Waals surface area contributed by atoms with Gasteiger partial charge in [-0.2, -0.15) is 0 Å². The Morgan fingerprint density at radius 2 is 1.58 bits per heavy atom. The summed E-state index contributed by atoms with van der Waals surface area (Å²) >= 11 is 0. The first-order chi connectivity index (χ1) is 8.73. The number of aromatic hydroxyl groups is 1. The molecule has 1 rings (SSSR count). The van der Waals surface area contributed by atoms with Gasteiger partial charge in [-0.25, -0.2) is 4.79 Å². The van der Waals surface area contributed by atoms with Gasteiger partial charge >= 0.3 is 11.9 Å². The van der Waals surface area contributed by atoms with Crippen LogP contribution in [-0.4, -0.2) is 44.5 Å². The lowest BCUT2D eigenvalue weighted by Crippen LogP contribution is -2.32. The molecule has 0 saturated heterocycles. The Kier molecular flexibility index (Phi) is 7.16. The van der Waals surface area contributed by atoms with Crippen LogP contribution in [0.25, 0.3) is 0 Å². The van der Waals surface area contributed by atoms with Gasteiger partial charge in [0.05, 0.1) is 0 Å². The number of hydrogen-bond acceptors (Lipinski definition) is 5. The van der Waals surface area contributed by atoms with Gasteiger partial charge in [-0.3, -0.25) is 4.79 Å². The summed E-state index contributed by atoms with van der Waals surface area (Å²) in [6.45, 7) is 1.20. The highest BCUT2D eigenvalue weighted by Crippen LogP contribution is 2.10. The standard InChI is InChI=1S/C9H11NO3.C3H6O3/c10-8(9(12)13)5-6-1-3-7(11)4-2-6;1-2(4)3(5)6/h1-4,8,11H,5,10H2,(H,12,13);2,4H,1H3,(H,5,6)/t8-;/m0./s1. The number of carbonyl (C=O) groups is 2. The van der Waals surface area contributed by atoms with E-state index in [-0.39, 0.29) is 12.2 Å². The van der Waals surface area contributed by atoms with Crippen LogP contribution in [0, 0.1) is 0 Å². The van der Waals surface area contributed by atoms with E-state index >= 15 is 0 Å². The molecule has 0 aliphatic heterocycles. The third kappa shape index (κ3) is 7.74. The van der Waals surface area contributed by atoms with Crippen LogP contribution in [0.3, 0.4) is 0 Å². The number of phenolic OH excluding ortho intramolecular Hbond substituents is 1. The predicted molar refractivity (Wildman–Crippen MR) is 66.7 cm³/mol. The van der Waals surface area contributed by atoms with E-state index in [0.717, 1.165) is 5.56 Å². The zero-order valence-corrected chi connectivity index (χ0v) is 10.4. The van der Waals surface area contributed by atoms with Gasteiger partial charge in [0.2, 0.25) is 0 Å². The number of hydrogen-bond donors (Lipinski definition) is 5. The molecule has 0 aromatic heterocycles. The second-order valence-electron chi connectivity index (χ2n) is 3.83. The lowest BCUT2D eigenvalue weighted by molar-refractivity contribution is -0.145. The molecule has 1 unspecified atom stereocenters. The van der Waals surface area contributed by atoms with Crippen molar-refractivity contribution in [2.45, 2.75) is 25.5 Å². The SMILES string of the molecule is CC(O)C(=O)O.N[C@@H](Cc1ccc(O)cc1)C(=O)O. The summed E-state index contributed by atoms with van der Waals surface area (Å²) in [7, 11) is 0. The minimum Gasteiger partial charge on any atom is -0.508 e. The van der Waals surface area contributed by atoms with Crippen molar-refractivity contribution < 1.29 is 30.0 Å². The Labute approximate surface area is 109 Å². The van der Waals surface area contributed by atoms with Gasteiger partial charge in [0, 0.05) is 0 Å². The zero-order chi connectivity index (χ0) is 15.0. The van der Waals surface area contributed by atoms with Crippen molar-refractivity contribution in [1.82, 2.24) is 0 Å². The molecule has 0 fully saturated rings. The van der Waals surface area contributed by atoms with Crippen LogP contribution in [-0.2, 0) is 16.0 Å². The van der Waals surface area contributed by atoms with Gasteiger partial charge in [0.1, 0.15) is 17.9 Å². The lowest BCUT2D eigenvalue weighted by atomic mass is 10.1. The average Bonchev–Trinajstić information content (AvgIpc) is 2.32. The third-order valence-corrected chi connectivity index (χ3v) is 2.07. The molecular weight excluding hydrogens is 254 g/mol. The second kappa shape index (κ2) is 8.06. The molecule has 1 aromatic carbocycles. The van der Waals surface area contributed by atoms with E-state index in [1.165, 1.54) is 19.1 Å². The van der Waals surface area contributed by atoms with Crippen molar-refractivity contribution in [1.29, 1.82) is 0 Å². The van der Waals surface area contributed by atoms with Crippen molar-refractivity contribution in [2.75, 3.05) is 0 Å². The molecule has 19 heavy (non-hydrogen) atoms. The molecule has 0 spiro atoms. The number of aliphatic hydroxyl groups excluding tert-OH is 1. The fraction of sp³-hybridized carbons (Fsp3) is 0.333. The molecule has 0 radical (unpaired) electrons. The molecule has 0 aliphatic rings. The molecule has 0 bridgehead atoms. The number of aliphatic carboxylic acids is 2. The molecule has 0 amide bonds.